The number of ether oxygens (including phenoxy) is 1. The molecule has 0 radical (unpaired) electrons. The number of hydrogen-bond acceptors (Lipinski definition) is 5. The van der Waals surface area contributed by atoms with Gasteiger partial charge in [0, 0.05) is 39.3 Å². The number of carbonyl (C=O) groups excluding carboxylic acids is 1. The zero-order valence-corrected chi connectivity index (χ0v) is 16.6. The molecule has 1 amide bonds. The summed E-state index contributed by atoms with van der Waals surface area (Å²) in [5.41, 5.74) is 0. The number of amides is 1. The summed E-state index contributed by atoms with van der Waals surface area (Å²) in [7, 11) is -3.62. The SMILES string of the molecule is O=C(CN1CCN(S(=O)(=O)c2ccc(Cl)c(Cl)c2)CC1)N1CCOCC1. The second-order valence-electron chi connectivity index (χ2n) is 6.25. The number of carbonyl (C=O) groups is 1. The van der Waals surface area contributed by atoms with Gasteiger partial charge in [-0.05, 0) is 18.2 Å². The molecule has 1 aromatic rings. The van der Waals surface area contributed by atoms with Gasteiger partial charge in [-0.15, -0.1) is 0 Å². The Balaban J connectivity index is 1.57. The molecule has 7 nitrogen and oxygen atoms in total. The van der Waals surface area contributed by atoms with E-state index in [1.807, 2.05) is 4.90 Å². The molecular formula is C16H21Cl2N3O4S. The van der Waals surface area contributed by atoms with Crippen molar-refractivity contribution in [2.45, 2.75) is 4.90 Å². The summed E-state index contributed by atoms with van der Waals surface area (Å²) in [6, 6.07) is 4.31. The second-order valence-corrected chi connectivity index (χ2v) is 9.00. The summed E-state index contributed by atoms with van der Waals surface area (Å²) < 4.78 is 32.2. The van der Waals surface area contributed by atoms with Crippen molar-refractivity contribution in [2.24, 2.45) is 0 Å². The minimum absolute atomic E-state index is 0.0640. The Morgan fingerprint density at radius 3 is 2.27 bits per heavy atom. The summed E-state index contributed by atoms with van der Waals surface area (Å²) in [4.78, 5) is 16.2. The summed E-state index contributed by atoms with van der Waals surface area (Å²) in [6.07, 6.45) is 0. The number of morpholine rings is 1. The molecule has 0 bridgehead atoms. The number of halogens is 2. The van der Waals surface area contributed by atoms with Gasteiger partial charge in [0.05, 0.1) is 34.7 Å². The third kappa shape index (κ3) is 4.49. The fourth-order valence-corrected chi connectivity index (χ4v) is 4.83. The molecule has 0 spiro atoms. The van der Waals surface area contributed by atoms with Crippen LogP contribution >= 0.6 is 23.2 Å². The molecule has 0 unspecified atom stereocenters. The van der Waals surface area contributed by atoms with Gasteiger partial charge in [-0.3, -0.25) is 9.69 Å². The van der Waals surface area contributed by atoms with Gasteiger partial charge < -0.3 is 9.64 Å². The van der Waals surface area contributed by atoms with Crippen molar-refractivity contribution in [1.29, 1.82) is 0 Å². The van der Waals surface area contributed by atoms with Crippen molar-refractivity contribution in [3.05, 3.63) is 28.2 Å². The van der Waals surface area contributed by atoms with Gasteiger partial charge >= 0.3 is 0 Å². The van der Waals surface area contributed by atoms with Crippen LogP contribution in [0.1, 0.15) is 0 Å². The lowest BCUT2D eigenvalue weighted by atomic mass is 10.3. The van der Waals surface area contributed by atoms with E-state index in [-0.39, 0.29) is 15.8 Å². The van der Waals surface area contributed by atoms with Crippen molar-refractivity contribution in [2.75, 3.05) is 59.0 Å². The second kappa shape index (κ2) is 8.41. The highest BCUT2D eigenvalue weighted by Gasteiger charge is 2.30. The van der Waals surface area contributed by atoms with E-state index < -0.39 is 10.0 Å². The van der Waals surface area contributed by atoms with Gasteiger partial charge in [-0.1, -0.05) is 23.2 Å². The van der Waals surface area contributed by atoms with Gasteiger partial charge in [0.25, 0.3) is 0 Å². The average Bonchev–Trinajstić information content (AvgIpc) is 2.65. The molecule has 2 fully saturated rings. The van der Waals surface area contributed by atoms with Crippen molar-refractivity contribution < 1.29 is 17.9 Å². The molecule has 3 rings (SSSR count). The zero-order chi connectivity index (χ0) is 18.7. The number of piperazine rings is 1. The van der Waals surface area contributed by atoms with Crippen molar-refractivity contribution >= 4 is 39.1 Å². The van der Waals surface area contributed by atoms with Crippen LogP contribution in [0.5, 0.6) is 0 Å². The van der Waals surface area contributed by atoms with Crippen LogP contribution in [-0.2, 0) is 19.6 Å². The third-order valence-electron chi connectivity index (χ3n) is 4.58. The first-order valence-electron chi connectivity index (χ1n) is 8.41. The molecule has 26 heavy (non-hydrogen) atoms. The van der Waals surface area contributed by atoms with E-state index in [2.05, 4.69) is 0 Å². The van der Waals surface area contributed by atoms with Gasteiger partial charge in [0.1, 0.15) is 0 Å². The molecule has 0 N–H and O–H groups in total. The highest BCUT2D eigenvalue weighted by atomic mass is 35.5. The first-order chi connectivity index (χ1) is 12.4. The Hall–Kier alpha value is -0.900. The summed E-state index contributed by atoms with van der Waals surface area (Å²) in [5.74, 6) is 0.0640. The number of hydrogen-bond donors (Lipinski definition) is 0. The van der Waals surface area contributed by atoms with E-state index in [1.165, 1.54) is 22.5 Å². The van der Waals surface area contributed by atoms with Crippen molar-refractivity contribution in [3.63, 3.8) is 0 Å². The summed E-state index contributed by atoms with van der Waals surface area (Å²) >= 11 is 11.8. The topological polar surface area (TPSA) is 70.2 Å². The molecule has 0 saturated carbocycles. The van der Waals surface area contributed by atoms with E-state index >= 15 is 0 Å². The van der Waals surface area contributed by atoms with Crippen LogP contribution in [0.3, 0.4) is 0 Å². The molecule has 0 aromatic heterocycles. The molecule has 2 aliphatic heterocycles. The van der Waals surface area contributed by atoms with Gasteiger partial charge in [0.2, 0.25) is 15.9 Å². The van der Waals surface area contributed by atoms with Gasteiger partial charge in [-0.2, -0.15) is 4.31 Å². The van der Waals surface area contributed by atoms with Crippen molar-refractivity contribution in [1.82, 2.24) is 14.1 Å². The fraction of sp³-hybridized carbons (Fsp3) is 0.562. The lowest BCUT2D eigenvalue weighted by molar-refractivity contribution is -0.136. The Morgan fingerprint density at radius 1 is 1.00 bits per heavy atom. The lowest BCUT2D eigenvalue weighted by Crippen LogP contribution is -2.52. The van der Waals surface area contributed by atoms with Crippen LogP contribution in [0.4, 0.5) is 0 Å². The fourth-order valence-electron chi connectivity index (χ4n) is 3.02. The highest BCUT2D eigenvalue weighted by Crippen LogP contribution is 2.27. The maximum atomic E-state index is 12.7. The molecule has 1 aromatic carbocycles. The number of rotatable bonds is 4. The van der Waals surface area contributed by atoms with Crippen LogP contribution in [0, 0.1) is 0 Å². The molecule has 10 heteroatoms. The summed E-state index contributed by atoms with van der Waals surface area (Å²) in [6.45, 7) is 4.36. The predicted molar refractivity (Wildman–Crippen MR) is 99.1 cm³/mol. The largest absolute Gasteiger partial charge is 0.378 e. The minimum atomic E-state index is -3.62. The third-order valence-corrected chi connectivity index (χ3v) is 7.22. The number of nitrogens with zero attached hydrogens (tertiary/aromatic N) is 3. The Labute approximate surface area is 163 Å². The lowest BCUT2D eigenvalue weighted by Gasteiger charge is -2.35. The normalized spacial score (nSPS) is 20.3. The first kappa shape index (κ1) is 19.9. The standard InChI is InChI=1S/C16H21Cl2N3O4S/c17-14-2-1-13(11-15(14)18)26(23,24)21-5-3-19(4-6-21)12-16(22)20-7-9-25-10-8-20/h1-2,11H,3-10,12H2. The Morgan fingerprint density at radius 2 is 1.65 bits per heavy atom. The molecule has 2 saturated heterocycles. The monoisotopic (exact) mass is 421 g/mol. The van der Waals surface area contributed by atoms with E-state index in [0.717, 1.165) is 0 Å². The zero-order valence-electron chi connectivity index (χ0n) is 14.2. The predicted octanol–water partition coefficient (Wildman–Crippen LogP) is 1.16. The Bertz CT molecular complexity index is 761. The van der Waals surface area contributed by atoms with Crippen LogP contribution in [0.2, 0.25) is 10.0 Å². The van der Waals surface area contributed by atoms with E-state index in [1.54, 1.807) is 4.90 Å². The van der Waals surface area contributed by atoms with Gasteiger partial charge in [-0.25, -0.2) is 8.42 Å². The minimum Gasteiger partial charge on any atom is -0.378 e. The number of sulfonamides is 1. The van der Waals surface area contributed by atoms with Crippen LogP contribution in [0.15, 0.2) is 23.1 Å². The molecule has 2 heterocycles. The molecule has 0 atom stereocenters. The summed E-state index contributed by atoms with van der Waals surface area (Å²) in [5, 5.41) is 0.527. The quantitative estimate of drug-likeness (QED) is 0.729. The van der Waals surface area contributed by atoms with Crippen molar-refractivity contribution in [3.8, 4) is 0 Å². The highest BCUT2D eigenvalue weighted by molar-refractivity contribution is 7.89. The van der Waals surface area contributed by atoms with E-state index in [4.69, 9.17) is 27.9 Å². The first-order valence-corrected chi connectivity index (χ1v) is 10.6. The Kier molecular flexibility index (Phi) is 6.42. The van der Waals surface area contributed by atoms with E-state index in [0.29, 0.717) is 64.0 Å². The molecule has 2 aliphatic rings. The van der Waals surface area contributed by atoms with Crippen LogP contribution in [0.25, 0.3) is 0 Å². The van der Waals surface area contributed by atoms with E-state index in [9.17, 15) is 13.2 Å². The van der Waals surface area contributed by atoms with Crippen LogP contribution in [-0.4, -0.2) is 87.5 Å². The molecule has 144 valence electrons. The van der Waals surface area contributed by atoms with Crippen LogP contribution < -0.4 is 0 Å². The maximum Gasteiger partial charge on any atom is 0.243 e. The smallest absolute Gasteiger partial charge is 0.243 e. The molecular weight excluding hydrogens is 401 g/mol. The number of benzene rings is 1. The average molecular weight is 422 g/mol. The maximum absolute atomic E-state index is 12.7. The van der Waals surface area contributed by atoms with Gasteiger partial charge in [0.15, 0.2) is 0 Å². The molecule has 0 aliphatic carbocycles.